The third kappa shape index (κ3) is 4.27. The number of hydrogen-bond donors (Lipinski definition) is 1. The average molecular weight is 466 g/mol. The molecule has 4 heterocycles. The highest BCUT2D eigenvalue weighted by atomic mass is 32.2. The molecular weight excluding hydrogens is 442 g/mol. The number of H-pyrrole nitrogens is 1. The van der Waals surface area contributed by atoms with Crippen molar-refractivity contribution in [2.75, 3.05) is 12.8 Å². The highest BCUT2D eigenvalue weighted by Gasteiger charge is 2.25. The lowest BCUT2D eigenvalue weighted by Gasteiger charge is -2.27. The summed E-state index contributed by atoms with van der Waals surface area (Å²) < 4.78 is 31.3. The maximum Gasteiger partial charge on any atom is 0.256 e. The molecule has 1 aliphatic rings. The SMILES string of the molecule is Cc1ccc(-c2nn(-c3ccccc3)cc2CN2CCc3nc(S(C)(=O)=O)[nH]c(=O)c3C2)o1. The Bertz CT molecular complexity index is 1480. The first-order valence-electron chi connectivity index (χ1n) is 10.5. The molecule has 0 saturated heterocycles. The Labute approximate surface area is 190 Å². The van der Waals surface area contributed by atoms with Gasteiger partial charge in [0, 0.05) is 44.1 Å². The van der Waals surface area contributed by atoms with Crippen molar-refractivity contribution >= 4 is 9.84 Å². The molecule has 1 aromatic carbocycles. The van der Waals surface area contributed by atoms with Crippen LogP contribution in [0.5, 0.6) is 0 Å². The summed E-state index contributed by atoms with van der Waals surface area (Å²) in [6.45, 7) is 3.45. The number of aromatic nitrogens is 4. The summed E-state index contributed by atoms with van der Waals surface area (Å²) in [7, 11) is -3.58. The highest BCUT2D eigenvalue weighted by molar-refractivity contribution is 7.90. The van der Waals surface area contributed by atoms with E-state index in [4.69, 9.17) is 9.52 Å². The van der Waals surface area contributed by atoms with E-state index in [1.807, 2.05) is 60.3 Å². The monoisotopic (exact) mass is 465 g/mol. The summed E-state index contributed by atoms with van der Waals surface area (Å²) in [6.07, 6.45) is 3.51. The molecule has 0 unspecified atom stereocenters. The summed E-state index contributed by atoms with van der Waals surface area (Å²) in [5, 5.41) is 4.50. The molecular formula is C23H23N5O4S. The van der Waals surface area contributed by atoms with Gasteiger partial charge in [0.2, 0.25) is 15.0 Å². The Morgan fingerprint density at radius 2 is 1.94 bits per heavy atom. The van der Waals surface area contributed by atoms with Gasteiger partial charge in [0.15, 0.2) is 5.76 Å². The number of sulfone groups is 1. The van der Waals surface area contributed by atoms with Crippen LogP contribution in [-0.2, 0) is 29.3 Å². The van der Waals surface area contributed by atoms with E-state index in [9.17, 15) is 13.2 Å². The van der Waals surface area contributed by atoms with Crippen LogP contribution in [0.15, 0.2) is 63.0 Å². The standard InChI is InChI=1S/C23H23N5O4S/c1-15-8-9-20(32-15)21-16(13-28(26-21)17-6-4-3-5-7-17)12-27-11-10-19-18(14-27)22(29)25-23(24-19)33(2,30)31/h3-9,13H,10-12,14H2,1-2H3,(H,24,25,29). The van der Waals surface area contributed by atoms with Gasteiger partial charge in [-0.2, -0.15) is 5.10 Å². The molecule has 3 aromatic heterocycles. The van der Waals surface area contributed by atoms with Crippen LogP contribution in [0.25, 0.3) is 17.1 Å². The van der Waals surface area contributed by atoms with E-state index < -0.39 is 15.4 Å². The Morgan fingerprint density at radius 3 is 2.64 bits per heavy atom. The van der Waals surface area contributed by atoms with Crippen LogP contribution >= 0.6 is 0 Å². The Hall–Kier alpha value is -3.50. The molecule has 0 fully saturated rings. The molecule has 33 heavy (non-hydrogen) atoms. The van der Waals surface area contributed by atoms with E-state index in [1.54, 1.807) is 0 Å². The number of aryl methyl sites for hydroxylation is 1. The van der Waals surface area contributed by atoms with Gasteiger partial charge >= 0.3 is 0 Å². The van der Waals surface area contributed by atoms with Gasteiger partial charge in [-0.15, -0.1) is 0 Å². The first-order chi connectivity index (χ1) is 15.8. The smallest absolute Gasteiger partial charge is 0.256 e. The molecule has 0 saturated carbocycles. The fourth-order valence-corrected chi connectivity index (χ4v) is 4.57. The van der Waals surface area contributed by atoms with E-state index in [2.05, 4.69) is 14.9 Å². The summed E-state index contributed by atoms with van der Waals surface area (Å²) in [6, 6.07) is 13.6. The van der Waals surface area contributed by atoms with Gasteiger partial charge in [0.1, 0.15) is 11.5 Å². The van der Waals surface area contributed by atoms with Gasteiger partial charge in [-0.1, -0.05) is 18.2 Å². The minimum absolute atomic E-state index is 0.278. The van der Waals surface area contributed by atoms with Gasteiger partial charge in [-0.3, -0.25) is 14.7 Å². The molecule has 0 amide bonds. The number of fused-ring (bicyclic) bond motifs is 1. The van der Waals surface area contributed by atoms with Crippen LogP contribution in [0.3, 0.4) is 0 Å². The number of aromatic amines is 1. The topological polar surface area (TPSA) is 114 Å². The van der Waals surface area contributed by atoms with Gasteiger partial charge in [0.25, 0.3) is 5.56 Å². The van der Waals surface area contributed by atoms with Crippen molar-refractivity contribution in [3.8, 4) is 17.1 Å². The predicted octanol–water partition coefficient (Wildman–Crippen LogP) is 2.49. The molecule has 0 bridgehead atoms. The van der Waals surface area contributed by atoms with Gasteiger partial charge < -0.3 is 4.42 Å². The average Bonchev–Trinajstić information content (AvgIpc) is 3.40. The molecule has 0 aliphatic carbocycles. The second-order valence-electron chi connectivity index (χ2n) is 8.22. The lowest BCUT2D eigenvalue weighted by Crippen LogP contribution is -2.36. The van der Waals surface area contributed by atoms with Crippen molar-refractivity contribution in [1.82, 2.24) is 24.6 Å². The van der Waals surface area contributed by atoms with Crippen LogP contribution in [-0.4, -0.2) is 45.9 Å². The van der Waals surface area contributed by atoms with Crippen LogP contribution in [0.2, 0.25) is 0 Å². The number of rotatable bonds is 5. The molecule has 0 spiro atoms. The maximum atomic E-state index is 12.6. The summed E-state index contributed by atoms with van der Waals surface area (Å²) >= 11 is 0. The Morgan fingerprint density at radius 1 is 1.15 bits per heavy atom. The van der Waals surface area contributed by atoms with E-state index >= 15 is 0 Å². The summed E-state index contributed by atoms with van der Waals surface area (Å²) in [5.41, 5.74) is 3.28. The van der Waals surface area contributed by atoms with Crippen LogP contribution in [0.4, 0.5) is 0 Å². The van der Waals surface area contributed by atoms with Gasteiger partial charge in [-0.05, 0) is 31.2 Å². The maximum absolute atomic E-state index is 12.6. The molecule has 4 aromatic rings. The normalized spacial score (nSPS) is 14.4. The van der Waals surface area contributed by atoms with Crippen LogP contribution < -0.4 is 5.56 Å². The van der Waals surface area contributed by atoms with E-state index in [-0.39, 0.29) is 5.16 Å². The largest absolute Gasteiger partial charge is 0.460 e. The van der Waals surface area contributed by atoms with Crippen molar-refractivity contribution in [3.05, 3.63) is 81.6 Å². The molecule has 5 rings (SSSR count). The van der Waals surface area contributed by atoms with E-state index in [1.165, 1.54) is 0 Å². The van der Waals surface area contributed by atoms with Crippen LogP contribution in [0.1, 0.15) is 22.6 Å². The Kier molecular flexibility index (Phi) is 5.26. The third-order valence-corrected chi connectivity index (χ3v) is 6.55. The number of hydrogen-bond acceptors (Lipinski definition) is 7. The van der Waals surface area contributed by atoms with Crippen molar-refractivity contribution in [3.63, 3.8) is 0 Å². The van der Waals surface area contributed by atoms with Crippen LogP contribution in [0, 0.1) is 6.92 Å². The fourth-order valence-electron chi connectivity index (χ4n) is 4.02. The minimum Gasteiger partial charge on any atom is -0.460 e. The summed E-state index contributed by atoms with van der Waals surface area (Å²) in [5.74, 6) is 1.49. The number of nitrogens with one attached hydrogen (secondary N) is 1. The number of furan rings is 1. The molecule has 9 nitrogen and oxygen atoms in total. The molecule has 0 atom stereocenters. The zero-order chi connectivity index (χ0) is 23.2. The first-order valence-corrected chi connectivity index (χ1v) is 12.4. The number of nitrogens with zero attached hydrogens (tertiary/aromatic N) is 4. The zero-order valence-electron chi connectivity index (χ0n) is 18.3. The minimum atomic E-state index is -3.58. The quantitative estimate of drug-likeness (QED) is 0.450. The van der Waals surface area contributed by atoms with Crippen molar-refractivity contribution in [1.29, 1.82) is 0 Å². The first kappa shape index (κ1) is 21.4. The molecule has 1 aliphatic heterocycles. The lowest BCUT2D eigenvalue weighted by molar-refractivity contribution is 0.241. The summed E-state index contributed by atoms with van der Waals surface area (Å²) in [4.78, 5) is 21.3. The van der Waals surface area contributed by atoms with Gasteiger partial charge in [-0.25, -0.2) is 18.1 Å². The lowest BCUT2D eigenvalue weighted by atomic mass is 10.1. The molecule has 10 heteroatoms. The predicted molar refractivity (Wildman–Crippen MR) is 122 cm³/mol. The second-order valence-corrected chi connectivity index (χ2v) is 10.2. The van der Waals surface area contributed by atoms with E-state index in [0.29, 0.717) is 43.1 Å². The Balaban J connectivity index is 1.47. The highest BCUT2D eigenvalue weighted by Crippen LogP contribution is 2.28. The van der Waals surface area contributed by atoms with Crippen molar-refractivity contribution in [2.45, 2.75) is 31.6 Å². The zero-order valence-corrected chi connectivity index (χ0v) is 19.1. The van der Waals surface area contributed by atoms with Gasteiger partial charge in [0.05, 0.1) is 16.9 Å². The molecule has 1 N–H and O–H groups in total. The third-order valence-electron chi connectivity index (χ3n) is 5.66. The number of para-hydroxylation sites is 1. The fraction of sp³-hybridized carbons (Fsp3) is 0.261. The van der Waals surface area contributed by atoms with Crippen molar-refractivity contribution in [2.24, 2.45) is 0 Å². The second kappa shape index (κ2) is 8.13. The van der Waals surface area contributed by atoms with E-state index in [0.717, 1.165) is 29.0 Å². The molecule has 170 valence electrons. The molecule has 0 radical (unpaired) electrons. The van der Waals surface area contributed by atoms with Crippen molar-refractivity contribution < 1.29 is 12.8 Å². The number of benzene rings is 1.